The summed E-state index contributed by atoms with van der Waals surface area (Å²) in [5.74, 6) is 0.512. The van der Waals surface area contributed by atoms with Crippen LogP contribution in [0.3, 0.4) is 0 Å². The molecule has 1 heterocycles. The van der Waals surface area contributed by atoms with Gasteiger partial charge in [-0.1, -0.05) is 0 Å². The Morgan fingerprint density at radius 2 is 2.20 bits per heavy atom. The summed E-state index contributed by atoms with van der Waals surface area (Å²) >= 11 is 0. The first-order valence-electron chi connectivity index (χ1n) is 2.82. The Morgan fingerprint density at radius 3 is 2.70 bits per heavy atom. The molecule has 0 saturated carbocycles. The van der Waals surface area contributed by atoms with Gasteiger partial charge in [0.25, 0.3) is 0 Å². The van der Waals surface area contributed by atoms with Gasteiger partial charge in [0.2, 0.25) is 0 Å². The van der Waals surface area contributed by atoms with Gasteiger partial charge >= 0.3 is 0 Å². The molecule has 0 radical (unpaired) electrons. The maximum Gasteiger partial charge on any atom is 0.172 e. The first-order valence-corrected chi connectivity index (χ1v) is 2.82. The standard InChI is InChI=1S/C6H7N3O/c1-7-6-5(4-10)8-2-3-9-6/h2-4H,1H3,(H,7,9). The van der Waals surface area contributed by atoms with Crippen molar-refractivity contribution >= 4 is 12.1 Å². The second-order valence-corrected chi connectivity index (χ2v) is 1.66. The minimum absolute atomic E-state index is 0.338. The summed E-state index contributed by atoms with van der Waals surface area (Å²) in [5, 5.41) is 2.74. The molecule has 1 aromatic heterocycles. The lowest BCUT2D eigenvalue weighted by Gasteiger charge is -1.97. The molecule has 0 atom stereocenters. The highest BCUT2D eigenvalue weighted by Crippen LogP contribution is 2.02. The van der Waals surface area contributed by atoms with Crippen molar-refractivity contribution in [2.45, 2.75) is 0 Å². The van der Waals surface area contributed by atoms with Gasteiger partial charge in [0.15, 0.2) is 12.1 Å². The molecular formula is C6H7N3O. The molecule has 0 aliphatic carbocycles. The molecule has 0 amide bonds. The number of nitrogens with zero attached hydrogens (tertiary/aromatic N) is 2. The van der Waals surface area contributed by atoms with Crippen molar-refractivity contribution in [2.24, 2.45) is 0 Å². The number of hydrogen-bond donors (Lipinski definition) is 1. The molecule has 1 rings (SSSR count). The molecule has 0 unspecified atom stereocenters. The van der Waals surface area contributed by atoms with Crippen LogP contribution >= 0.6 is 0 Å². The molecule has 0 aromatic carbocycles. The molecule has 0 aliphatic rings. The van der Waals surface area contributed by atoms with E-state index < -0.39 is 0 Å². The minimum atomic E-state index is 0.338. The van der Waals surface area contributed by atoms with Crippen molar-refractivity contribution in [1.29, 1.82) is 0 Å². The van der Waals surface area contributed by atoms with E-state index in [-0.39, 0.29) is 0 Å². The van der Waals surface area contributed by atoms with Gasteiger partial charge in [-0.25, -0.2) is 9.97 Å². The van der Waals surface area contributed by atoms with E-state index in [2.05, 4.69) is 15.3 Å². The molecule has 1 N–H and O–H groups in total. The van der Waals surface area contributed by atoms with Crippen LogP contribution in [0.5, 0.6) is 0 Å². The highest BCUT2D eigenvalue weighted by Gasteiger charge is 1.98. The van der Waals surface area contributed by atoms with E-state index in [9.17, 15) is 4.79 Å². The Kier molecular flexibility index (Phi) is 1.94. The zero-order chi connectivity index (χ0) is 7.40. The summed E-state index contributed by atoms with van der Waals surface area (Å²) in [6.45, 7) is 0. The third-order valence-corrected chi connectivity index (χ3v) is 1.07. The maximum atomic E-state index is 10.2. The van der Waals surface area contributed by atoms with Crippen LogP contribution in [0.2, 0.25) is 0 Å². The molecule has 10 heavy (non-hydrogen) atoms. The number of carbonyl (C=O) groups excluding carboxylic acids is 1. The van der Waals surface area contributed by atoms with Crippen LogP contribution < -0.4 is 5.32 Å². The van der Waals surface area contributed by atoms with Gasteiger partial charge in [0.05, 0.1) is 0 Å². The van der Waals surface area contributed by atoms with E-state index in [4.69, 9.17) is 0 Å². The monoisotopic (exact) mass is 137 g/mol. The summed E-state index contributed by atoms with van der Waals surface area (Å²) in [7, 11) is 1.69. The van der Waals surface area contributed by atoms with Crippen LogP contribution in [-0.2, 0) is 0 Å². The number of nitrogens with one attached hydrogen (secondary N) is 1. The lowest BCUT2D eigenvalue weighted by molar-refractivity contribution is 0.111. The third-order valence-electron chi connectivity index (χ3n) is 1.07. The van der Waals surface area contributed by atoms with Crippen LogP contribution in [0, 0.1) is 0 Å². The first-order chi connectivity index (χ1) is 4.88. The second kappa shape index (κ2) is 2.91. The zero-order valence-electron chi connectivity index (χ0n) is 5.53. The van der Waals surface area contributed by atoms with Crippen LogP contribution in [0.15, 0.2) is 12.4 Å². The fourth-order valence-corrected chi connectivity index (χ4v) is 0.628. The van der Waals surface area contributed by atoms with Gasteiger partial charge in [0.1, 0.15) is 5.69 Å². The van der Waals surface area contributed by atoms with Gasteiger partial charge in [-0.05, 0) is 0 Å². The largest absolute Gasteiger partial charge is 0.371 e. The van der Waals surface area contributed by atoms with Crippen LogP contribution in [0.25, 0.3) is 0 Å². The van der Waals surface area contributed by atoms with Gasteiger partial charge < -0.3 is 5.32 Å². The fourth-order valence-electron chi connectivity index (χ4n) is 0.628. The van der Waals surface area contributed by atoms with Crippen LogP contribution in [0.4, 0.5) is 5.82 Å². The molecule has 0 aliphatic heterocycles. The zero-order valence-corrected chi connectivity index (χ0v) is 5.53. The Morgan fingerprint density at radius 1 is 1.50 bits per heavy atom. The lowest BCUT2D eigenvalue weighted by atomic mass is 10.4. The average molecular weight is 137 g/mol. The summed E-state index contributed by atoms with van der Waals surface area (Å²) in [5.41, 5.74) is 0.338. The fraction of sp³-hybridized carbons (Fsp3) is 0.167. The molecule has 0 spiro atoms. The summed E-state index contributed by atoms with van der Waals surface area (Å²) in [6, 6.07) is 0. The van der Waals surface area contributed by atoms with Gasteiger partial charge in [0, 0.05) is 19.4 Å². The highest BCUT2D eigenvalue weighted by atomic mass is 16.1. The number of hydrogen-bond acceptors (Lipinski definition) is 4. The molecule has 0 saturated heterocycles. The quantitative estimate of drug-likeness (QED) is 0.597. The van der Waals surface area contributed by atoms with Crippen molar-refractivity contribution in [3.05, 3.63) is 18.1 Å². The van der Waals surface area contributed by atoms with E-state index in [1.165, 1.54) is 12.4 Å². The Balaban J connectivity index is 3.08. The van der Waals surface area contributed by atoms with Crippen molar-refractivity contribution < 1.29 is 4.79 Å². The van der Waals surface area contributed by atoms with Gasteiger partial charge in [-0.2, -0.15) is 0 Å². The van der Waals surface area contributed by atoms with Gasteiger partial charge in [-0.15, -0.1) is 0 Å². The second-order valence-electron chi connectivity index (χ2n) is 1.66. The molecule has 4 nitrogen and oxygen atoms in total. The van der Waals surface area contributed by atoms with Gasteiger partial charge in [-0.3, -0.25) is 4.79 Å². The van der Waals surface area contributed by atoms with Crippen molar-refractivity contribution in [3.8, 4) is 0 Å². The number of aldehydes is 1. The summed E-state index contributed by atoms with van der Waals surface area (Å²) in [6.07, 6.45) is 3.67. The van der Waals surface area contributed by atoms with E-state index in [1.54, 1.807) is 7.05 Å². The smallest absolute Gasteiger partial charge is 0.172 e. The molecule has 0 fully saturated rings. The SMILES string of the molecule is CNc1nccnc1C=O. The van der Waals surface area contributed by atoms with E-state index in [1.807, 2.05) is 0 Å². The molecule has 1 aromatic rings. The number of anilines is 1. The number of carbonyl (C=O) groups is 1. The van der Waals surface area contributed by atoms with E-state index >= 15 is 0 Å². The highest BCUT2D eigenvalue weighted by molar-refractivity contribution is 5.79. The molecule has 52 valence electrons. The Hall–Kier alpha value is -1.45. The normalized spacial score (nSPS) is 8.90. The van der Waals surface area contributed by atoms with Crippen molar-refractivity contribution in [1.82, 2.24) is 9.97 Å². The topological polar surface area (TPSA) is 54.9 Å². The third kappa shape index (κ3) is 1.10. The van der Waals surface area contributed by atoms with Crippen molar-refractivity contribution in [2.75, 3.05) is 12.4 Å². The van der Waals surface area contributed by atoms with Crippen molar-refractivity contribution in [3.63, 3.8) is 0 Å². The Bertz CT molecular complexity index is 236. The van der Waals surface area contributed by atoms with Crippen LogP contribution in [-0.4, -0.2) is 23.3 Å². The summed E-state index contributed by atoms with van der Waals surface area (Å²) < 4.78 is 0. The van der Waals surface area contributed by atoms with E-state index in [0.29, 0.717) is 17.8 Å². The van der Waals surface area contributed by atoms with Crippen LogP contribution in [0.1, 0.15) is 10.5 Å². The van der Waals surface area contributed by atoms with E-state index in [0.717, 1.165) is 0 Å². The predicted molar refractivity (Wildman–Crippen MR) is 37.0 cm³/mol. The minimum Gasteiger partial charge on any atom is -0.371 e. The predicted octanol–water partition coefficient (Wildman–Crippen LogP) is 0.331. The summed E-state index contributed by atoms with van der Waals surface area (Å²) in [4.78, 5) is 17.9. The number of rotatable bonds is 2. The lowest BCUT2D eigenvalue weighted by Crippen LogP contribution is -1.98. The molecule has 4 heteroatoms. The molecular weight excluding hydrogens is 130 g/mol. The molecule has 0 bridgehead atoms. The Labute approximate surface area is 58.3 Å². The maximum absolute atomic E-state index is 10.2. The average Bonchev–Trinajstić information content (AvgIpc) is 2.04. The number of aromatic nitrogens is 2. The first kappa shape index (κ1) is 6.67.